The molecule has 17 heavy (non-hydrogen) atoms. The molecule has 1 heterocycles. The highest BCUT2D eigenvalue weighted by atomic mass is 16.5. The first kappa shape index (κ1) is 13.9. The zero-order chi connectivity index (χ0) is 12.8. The van der Waals surface area contributed by atoms with Crippen molar-refractivity contribution in [2.45, 2.75) is 47.5 Å². The molecule has 1 aromatic rings. The minimum Gasteiger partial charge on any atom is -0.477 e. The third kappa shape index (κ3) is 4.72. The van der Waals surface area contributed by atoms with Crippen LogP contribution in [0.1, 0.15) is 46.0 Å². The second-order valence-electron chi connectivity index (χ2n) is 5.24. The van der Waals surface area contributed by atoms with Crippen molar-refractivity contribution in [1.29, 1.82) is 0 Å². The molecule has 0 aromatic carbocycles. The van der Waals surface area contributed by atoms with E-state index in [2.05, 4.69) is 37.7 Å². The average Bonchev–Trinajstić information content (AvgIpc) is 2.21. The third-order valence-corrected chi connectivity index (χ3v) is 2.36. The van der Waals surface area contributed by atoms with E-state index in [0.29, 0.717) is 18.4 Å². The summed E-state index contributed by atoms with van der Waals surface area (Å²) in [7, 11) is 0. The molecule has 0 atom stereocenters. The van der Waals surface area contributed by atoms with Gasteiger partial charge in [-0.1, -0.05) is 27.7 Å². The van der Waals surface area contributed by atoms with E-state index < -0.39 is 0 Å². The van der Waals surface area contributed by atoms with Crippen LogP contribution in [-0.4, -0.2) is 16.6 Å². The van der Waals surface area contributed by atoms with Crippen LogP contribution < -0.4 is 4.74 Å². The van der Waals surface area contributed by atoms with E-state index in [1.165, 1.54) is 0 Å². The highest BCUT2D eigenvalue weighted by Gasteiger charge is 2.11. The van der Waals surface area contributed by atoms with Crippen LogP contribution in [0.3, 0.4) is 0 Å². The van der Waals surface area contributed by atoms with Gasteiger partial charge in [-0.3, -0.25) is 4.98 Å². The summed E-state index contributed by atoms with van der Waals surface area (Å²) in [5.74, 6) is 1.88. The van der Waals surface area contributed by atoms with E-state index in [0.717, 1.165) is 30.1 Å². The Bertz CT molecular complexity index is 348. The van der Waals surface area contributed by atoms with Gasteiger partial charge in [0.1, 0.15) is 5.69 Å². The van der Waals surface area contributed by atoms with Gasteiger partial charge in [-0.2, -0.15) is 0 Å². The van der Waals surface area contributed by atoms with E-state index in [-0.39, 0.29) is 0 Å². The lowest BCUT2D eigenvalue weighted by Crippen LogP contribution is -2.08. The van der Waals surface area contributed by atoms with Gasteiger partial charge < -0.3 is 4.74 Å². The Morgan fingerprint density at radius 3 is 2.29 bits per heavy atom. The van der Waals surface area contributed by atoms with Crippen molar-refractivity contribution in [2.24, 2.45) is 11.8 Å². The van der Waals surface area contributed by atoms with Gasteiger partial charge in [0, 0.05) is 6.20 Å². The van der Waals surface area contributed by atoms with Crippen LogP contribution in [0.4, 0.5) is 0 Å². The van der Waals surface area contributed by atoms with Crippen LogP contribution in [0.25, 0.3) is 0 Å². The van der Waals surface area contributed by atoms with Crippen molar-refractivity contribution < 1.29 is 4.74 Å². The predicted octanol–water partition coefficient (Wildman–Crippen LogP) is 3.27. The van der Waals surface area contributed by atoms with Gasteiger partial charge in [0.15, 0.2) is 0 Å². The topological polar surface area (TPSA) is 35.0 Å². The summed E-state index contributed by atoms with van der Waals surface area (Å²) in [6, 6.07) is 0. The van der Waals surface area contributed by atoms with Gasteiger partial charge in [-0.25, -0.2) is 4.98 Å². The summed E-state index contributed by atoms with van der Waals surface area (Å²) in [6.45, 7) is 11.4. The molecule has 0 amide bonds. The Morgan fingerprint density at radius 2 is 1.76 bits per heavy atom. The van der Waals surface area contributed by atoms with Crippen LogP contribution in [0, 0.1) is 11.8 Å². The molecule has 0 fully saturated rings. The Kier molecular flexibility index (Phi) is 5.39. The quantitative estimate of drug-likeness (QED) is 0.760. The van der Waals surface area contributed by atoms with Gasteiger partial charge in [0.2, 0.25) is 5.88 Å². The molecular weight excluding hydrogens is 212 g/mol. The largest absolute Gasteiger partial charge is 0.477 e. The summed E-state index contributed by atoms with van der Waals surface area (Å²) in [6.07, 6.45) is 3.76. The van der Waals surface area contributed by atoms with E-state index in [4.69, 9.17) is 4.74 Å². The molecule has 3 heteroatoms. The van der Waals surface area contributed by atoms with Crippen molar-refractivity contribution in [1.82, 2.24) is 9.97 Å². The molecule has 0 aliphatic heterocycles. The molecule has 0 saturated carbocycles. The van der Waals surface area contributed by atoms with E-state index in [1.807, 2.05) is 13.1 Å². The van der Waals surface area contributed by atoms with Crippen LogP contribution in [0.2, 0.25) is 0 Å². The molecular formula is C14H24N2O. The molecule has 0 saturated heterocycles. The maximum atomic E-state index is 5.59. The number of rotatable bonds is 6. The van der Waals surface area contributed by atoms with Crippen molar-refractivity contribution in [3.8, 4) is 5.88 Å². The molecule has 0 unspecified atom stereocenters. The van der Waals surface area contributed by atoms with Crippen LogP contribution in [0.15, 0.2) is 6.20 Å². The van der Waals surface area contributed by atoms with Crippen LogP contribution in [0.5, 0.6) is 5.88 Å². The van der Waals surface area contributed by atoms with Gasteiger partial charge in [0.25, 0.3) is 0 Å². The minimum absolute atomic E-state index is 0.569. The zero-order valence-electron chi connectivity index (χ0n) is 11.7. The lowest BCUT2D eigenvalue weighted by molar-refractivity contribution is 0.317. The van der Waals surface area contributed by atoms with Crippen molar-refractivity contribution in [2.75, 3.05) is 6.61 Å². The van der Waals surface area contributed by atoms with E-state index in [9.17, 15) is 0 Å². The van der Waals surface area contributed by atoms with Crippen molar-refractivity contribution in [3.63, 3.8) is 0 Å². The Balaban J connectivity index is 2.90. The van der Waals surface area contributed by atoms with Gasteiger partial charge >= 0.3 is 0 Å². The lowest BCUT2D eigenvalue weighted by atomic mass is 10.1. The third-order valence-electron chi connectivity index (χ3n) is 2.36. The highest BCUT2D eigenvalue weighted by molar-refractivity contribution is 5.21. The molecule has 1 rings (SSSR count). The molecule has 0 aliphatic rings. The molecule has 1 aromatic heterocycles. The Morgan fingerprint density at radius 1 is 1.12 bits per heavy atom. The van der Waals surface area contributed by atoms with Gasteiger partial charge in [-0.05, 0) is 31.6 Å². The summed E-state index contributed by atoms with van der Waals surface area (Å²) >= 11 is 0. The van der Waals surface area contributed by atoms with Crippen LogP contribution in [-0.2, 0) is 12.8 Å². The predicted molar refractivity (Wildman–Crippen MR) is 70.3 cm³/mol. The minimum atomic E-state index is 0.569. The number of hydrogen-bond donors (Lipinski definition) is 0. The Labute approximate surface area is 105 Å². The number of aromatic nitrogens is 2. The molecule has 96 valence electrons. The molecule has 3 nitrogen and oxygen atoms in total. The molecule has 0 bridgehead atoms. The van der Waals surface area contributed by atoms with E-state index in [1.54, 1.807) is 0 Å². The maximum Gasteiger partial charge on any atom is 0.235 e. The standard InChI is InChI=1S/C14H24N2O/c1-6-17-14-13(8-11(4)5)15-9-12(16-14)7-10(2)3/h9-11H,6-8H2,1-5H3. The number of nitrogens with zero attached hydrogens (tertiary/aromatic N) is 2. The first-order valence-electron chi connectivity index (χ1n) is 6.50. The lowest BCUT2D eigenvalue weighted by Gasteiger charge is -2.12. The monoisotopic (exact) mass is 236 g/mol. The highest BCUT2D eigenvalue weighted by Crippen LogP contribution is 2.18. The first-order chi connectivity index (χ1) is 8.02. The fourth-order valence-electron chi connectivity index (χ4n) is 1.73. The summed E-state index contributed by atoms with van der Waals surface area (Å²) in [4.78, 5) is 9.07. The molecule has 0 aliphatic carbocycles. The molecule has 0 radical (unpaired) electrons. The molecule has 0 N–H and O–H groups in total. The second-order valence-corrected chi connectivity index (χ2v) is 5.24. The SMILES string of the molecule is CCOc1nc(CC(C)C)cnc1CC(C)C. The fraction of sp³-hybridized carbons (Fsp3) is 0.714. The average molecular weight is 236 g/mol. The number of hydrogen-bond acceptors (Lipinski definition) is 3. The summed E-state index contributed by atoms with van der Waals surface area (Å²) in [5.41, 5.74) is 2.00. The molecule has 0 spiro atoms. The number of ether oxygens (including phenoxy) is 1. The van der Waals surface area contributed by atoms with E-state index >= 15 is 0 Å². The zero-order valence-corrected chi connectivity index (χ0v) is 11.7. The van der Waals surface area contributed by atoms with Crippen molar-refractivity contribution >= 4 is 0 Å². The normalized spacial score (nSPS) is 11.2. The van der Waals surface area contributed by atoms with Crippen molar-refractivity contribution in [3.05, 3.63) is 17.6 Å². The Hall–Kier alpha value is -1.12. The van der Waals surface area contributed by atoms with Gasteiger partial charge in [-0.15, -0.1) is 0 Å². The van der Waals surface area contributed by atoms with Crippen LogP contribution >= 0.6 is 0 Å². The fourth-order valence-corrected chi connectivity index (χ4v) is 1.73. The van der Waals surface area contributed by atoms with Gasteiger partial charge in [0.05, 0.1) is 12.3 Å². The first-order valence-corrected chi connectivity index (χ1v) is 6.50. The smallest absolute Gasteiger partial charge is 0.235 e. The summed E-state index contributed by atoms with van der Waals surface area (Å²) < 4.78 is 5.59. The maximum absolute atomic E-state index is 5.59. The second kappa shape index (κ2) is 6.58. The summed E-state index contributed by atoms with van der Waals surface area (Å²) in [5, 5.41) is 0.